The Kier molecular flexibility index (Phi) is 7.80. The third-order valence-electron chi connectivity index (χ3n) is 3.09. The summed E-state index contributed by atoms with van der Waals surface area (Å²) in [6, 6.07) is 6.17. The van der Waals surface area contributed by atoms with E-state index in [2.05, 4.69) is 32.2 Å². The van der Waals surface area contributed by atoms with Gasteiger partial charge in [-0.3, -0.25) is 4.90 Å². The van der Waals surface area contributed by atoms with Gasteiger partial charge in [-0.05, 0) is 18.2 Å². The van der Waals surface area contributed by atoms with Crippen LogP contribution in [0.1, 0.15) is 5.56 Å². The van der Waals surface area contributed by atoms with Crippen molar-refractivity contribution in [1.29, 1.82) is 0 Å². The van der Waals surface area contributed by atoms with Crippen molar-refractivity contribution in [2.45, 2.75) is 12.7 Å². The molecule has 1 fully saturated rings. The van der Waals surface area contributed by atoms with Gasteiger partial charge in [0.2, 0.25) is 0 Å². The monoisotopic (exact) mass is 398 g/mol. The number of ether oxygens (including phenoxy) is 1. The van der Waals surface area contributed by atoms with Gasteiger partial charge in [-0.2, -0.15) is 13.2 Å². The van der Waals surface area contributed by atoms with Gasteiger partial charge in [0.25, 0.3) is 0 Å². The van der Waals surface area contributed by atoms with Crippen LogP contribution in [0.5, 0.6) is 5.75 Å². The lowest BCUT2D eigenvalue weighted by Crippen LogP contribution is -2.42. The Morgan fingerprint density at radius 1 is 1.39 bits per heavy atom. The maximum atomic E-state index is 10.6. The molecule has 23 heavy (non-hydrogen) atoms. The molecule has 0 amide bonds. The Morgan fingerprint density at radius 3 is 2.43 bits per heavy atom. The van der Waals surface area contributed by atoms with Crippen LogP contribution in [0.25, 0.3) is 0 Å². The average molecular weight is 399 g/mol. The Bertz CT molecular complexity index is 520. The van der Waals surface area contributed by atoms with E-state index < -0.39 is 12.1 Å². The highest BCUT2D eigenvalue weighted by Crippen LogP contribution is 2.24. The molecular formula is C14H18BrF3N2O3. The maximum Gasteiger partial charge on any atom is 0.490 e. The molecule has 0 atom stereocenters. The van der Waals surface area contributed by atoms with Crippen molar-refractivity contribution >= 4 is 21.9 Å². The fraction of sp³-hybridized carbons (Fsp3) is 0.500. The first-order valence-corrected chi connectivity index (χ1v) is 7.59. The van der Waals surface area contributed by atoms with E-state index in [1.807, 2.05) is 12.1 Å². The van der Waals surface area contributed by atoms with E-state index in [9.17, 15) is 13.2 Å². The molecule has 1 heterocycles. The van der Waals surface area contributed by atoms with Crippen molar-refractivity contribution in [1.82, 2.24) is 10.2 Å². The number of methoxy groups -OCH3 is 1. The highest BCUT2D eigenvalue weighted by atomic mass is 79.9. The van der Waals surface area contributed by atoms with Crippen LogP contribution >= 0.6 is 15.9 Å². The summed E-state index contributed by atoms with van der Waals surface area (Å²) in [5, 5.41) is 10.5. The van der Waals surface area contributed by atoms with Crippen molar-refractivity contribution in [3.8, 4) is 5.75 Å². The third kappa shape index (κ3) is 7.19. The number of nitrogens with zero attached hydrogens (tertiary/aromatic N) is 1. The molecule has 1 aliphatic heterocycles. The van der Waals surface area contributed by atoms with Crippen molar-refractivity contribution in [3.05, 3.63) is 28.2 Å². The molecule has 1 aliphatic rings. The predicted octanol–water partition coefficient (Wildman–Crippen LogP) is 2.50. The number of piperazine rings is 1. The predicted molar refractivity (Wildman–Crippen MR) is 82.5 cm³/mol. The van der Waals surface area contributed by atoms with Crippen molar-refractivity contribution in [3.63, 3.8) is 0 Å². The Morgan fingerprint density at radius 2 is 1.96 bits per heavy atom. The second-order valence-corrected chi connectivity index (χ2v) is 5.70. The molecule has 2 N–H and O–H groups in total. The molecule has 130 valence electrons. The van der Waals surface area contributed by atoms with Crippen molar-refractivity contribution in [2.24, 2.45) is 0 Å². The Hall–Kier alpha value is -1.32. The quantitative estimate of drug-likeness (QED) is 0.818. The highest BCUT2D eigenvalue weighted by Gasteiger charge is 2.38. The molecule has 0 unspecified atom stereocenters. The largest absolute Gasteiger partial charge is 0.496 e. The number of hydrogen-bond donors (Lipinski definition) is 2. The third-order valence-corrected chi connectivity index (χ3v) is 3.58. The first kappa shape index (κ1) is 19.7. The number of carboxylic acids is 1. The zero-order chi connectivity index (χ0) is 17.5. The minimum atomic E-state index is -5.08. The number of carbonyl (C=O) groups is 1. The fourth-order valence-electron chi connectivity index (χ4n) is 1.98. The molecular weight excluding hydrogens is 381 g/mol. The van der Waals surface area contributed by atoms with Gasteiger partial charge in [-0.1, -0.05) is 15.9 Å². The zero-order valence-corrected chi connectivity index (χ0v) is 14.1. The molecule has 9 heteroatoms. The Balaban J connectivity index is 0.000000322. The number of benzene rings is 1. The summed E-state index contributed by atoms with van der Waals surface area (Å²) in [5.74, 6) is -1.78. The summed E-state index contributed by atoms with van der Waals surface area (Å²) in [4.78, 5) is 11.3. The lowest BCUT2D eigenvalue weighted by Gasteiger charge is -2.27. The second-order valence-electron chi connectivity index (χ2n) is 4.79. The lowest BCUT2D eigenvalue weighted by atomic mass is 10.2. The molecule has 0 radical (unpaired) electrons. The number of rotatable bonds is 3. The van der Waals surface area contributed by atoms with E-state index in [0.717, 1.165) is 42.9 Å². The van der Waals surface area contributed by atoms with Crippen LogP contribution in [-0.2, 0) is 11.3 Å². The number of aliphatic carboxylic acids is 1. The summed E-state index contributed by atoms with van der Waals surface area (Å²) >= 11 is 3.50. The second kappa shape index (κ2) is 9.09. The standard InChI is InChI=1S/C12H17BrN2O.C2HF3O2/c1-16-12-3-2-11(13)8-10(12)9-15-6-4-14-5-7-15;3-2(4,5)1(6)7/h2-3,8,14H,4-7,9H2,1H3;(H,6,7). The van der Waals surface area contributed by atoms with Gasteiger partial charge in [0.05, 0.1) is 7.11 Å². The number of carboxylic acid groups (broad SMARTS) is 1. The van der Waals surface area contributed by atoms with E-state index in [1.165, 1.54) is 5.56 Å². The van der Waals surface area contributed by atoms with E-state index in [0.29, 0.717) is 0 Å². The molecule has 5 nitrogen and oxygen atoms in total. The molecule has 0 aromatic heterocycles. The molecule has 1 aromatic carbocycles. The van der Waals surface area contributed by atoms with Gasteiger partial charge in [-0.15, -0.1) is 0 Å². The van der Waals surface area contributed by atoms with Crippen molar-refractivity contribution in [2.75, 3.05) is 33.3 Å². The van der Waals surface area contributed by atoms with Crippen LogP contribution in [0, 0.1) is 0 Å². The van der Waals surface area contributed by atoms with Gasteiger partial charge in [0.1, 0.15) is 5.75 Å². The molecule has 1 aromatic rings. The fourth-order valence-corrected chi connectivity index (χ4v) is 2.39. The van der Waals surface area contributed by atoms with Crippen LogP contribution in [0.15, 0.2) is 22.7 Å². The van der Waals surface area contributed by atoms with Gasteiger partial charge in [0, 0.05) is 42.8 Å². The summed E-state index contributed by atoms with van der Waals surface area (Å²) in [6.07, 6.45) is -5.08. The van der Waals surface area contributed by atoms with Crippen LogP contribution < -0.4 is 10.1 Å². The van der Waals surface area contributed by atoms with Gasteiger partial charge >= 0.3 is 12.1 Å². The first-order chi connectivity index (χ1) is 10.7. The maximum absolute atomic E-state index is 10.6. The van der Waals surface area contributed by atoms with E-state index in [4.69, 9.17) is 14.6 Å². The SMILES string of the molecule is COc1ccc(Br)cc1CN1CCNCC1.O=C(O)C(F)(F)F. The molecule has 0 aliphatic carbocycles. The van der Waals surface area contributed by atoms with Gasteiger partial charge < -0.3 is 15.2 Å². The van der Waals surface area contributed by atoms with Crippen LogP contribution in [0.2, 0.25) is 0 Å². The number of nitrogens with one attached hydrogen (secondary N) is 1. The lowest BCUT2D eigenvalue weighted by molar-refractivity contribution is -0.192. The summed E-state index contributed by atoms with van der Waals surface area (Å²) < 4.78 is 38.2. The minimum Gasteiger partial charge on any atom is -0.496 e. The molecule has 1 saturated heterocycles. The summed E-state index contributed by atoms with van der Waals surface area (Å²) in [6.45, 7) is 5.34. The summed E-state index contributed by atoms with van der Waals surface area (Å²) in [5.41, 5.74) is 1.25. The minimum absolute atomic E-state index is 0.963. The highest BCUT2D eigenvalue weighted by molar-refractivity contribution is 9.10. The van der Waals surface area contributed by atoms with Crippen LogP contribution in [-0.4, -0.2) is 55.4 Å². The number of alkyl halides is 3. The molecule has 0 saturated carbocycles. The smallest absolute Gasteiger partial charge is 0.490 e. The normalized spacial score (nSPS) is 15.5. The van der Waals surface area contributed by atoms with Gasteiger partial charge in [-0.25, -0.2) is 4.79 Å². The van der Waals surface area contributed by atoms with Gasteiger partial charge in [0.15, 0.2) is 0 Å². The average Bonchev–Trinajstić information content (AvgIpc) is 2.48. The first-order valence-electron chi connectivity index (χ1n) is 6.79. The molecule has 0 spiro atoms. The number of halogens is 4. The summed E-state index contributed by atoms with van der Waals surface area (Å²) in [7, 11) is 1.73. The molecule has 2 rings (SSSR count). The van der Waals surface area contributed by atoms with E-state index >= 15 is 0 Å². The zero-order valence-electron chi connectivity index (χ0n) is 12.5. The number of hydrogen-bond acceptors (Lipinski definition) is 4. The molecule has 0 bridgehead atoms. The van der Waals surface area contributed by atoms with Crippen LogP contribution in [0.3, 0.4) is 0 Å². The van der Waals surface area contributed by atoms with E-state index in [1.54, 1.807) is 7.11 Å². The topological polar surface area (TPSA) is 61.8 Å². The van der Waals surface area contributed by atoms with Crippen molar-refractivity contribution < 1.29 is 27.8 Å². The van der Waals surface area contributed by atoms with Crippen LogP contribution in [0.4, 0.5) is 13.2 Å². The Labute approximate surface area is 140 Å². The van der Waals surface area contributed by atoms with E-state index in [-0.39, 0.29) is 0 Å².